The molecule has 0 atom stereocenters. The Kier molecular flexibility index (Phi) is 4.19. The first kappa shape index (κ1) is 12.9. The van der Waals surface area contributed by atoms with Crippen LogP contribution in [0.15, 0.2) is 23.4 Å². The molecule has 0 saturated heterocycles. The van der Waals surface area contributed by atoms with Gasteiger partial charge in [-0.05, 0) is 31.0 Å². The Hall–Kier alpha value is -1.56. The number of carboxylic acids is 1. The summed E-state index contributed by atoms with van der Waals surface area (Å²) in [7, 11) is 0. The number of carboxylic acid groups (broad SMARTS) is 1. The van der Waals surface area contributed by atoms with Crippen LogP contribution in [0.5, 0.6) is 0 Å². The monoisotopic (exact) mass is 268 g/mol. The lowest BCUT2D eigenvalue weighted by Crippen LogP contribution is -1.94. The highest BCUT2D eigenvalue weighted by molar-refractivity contribution is 7.99. The highest BCUT2D eigenvalue weighted by Gasteiger charge is 2.04. The van der Waals surface area contributed by atoms with Crippen molar-refractivity contribution >= 4 is 28.8 Å². The Balaban J connectivity index is 1.86. The molecular formula is C12H13FN2O2S. The normalized spacial score (nSPS) is 10.9. The van der Waals surface area contributed by atoms with Crippen molar-refractivity contribution in [1.82, 2.24) is 9.97 Å². The number of nitrogens with zero attached hydrogens (tertiary/aromatic N) is 1. The third-order valence-corrected chi connectivity index (χ3v) is 3.41. The highest BCUT2D eigenvalue weighted by Crippen LogP contribution is 2.21. The van der Waals surface area contributed by atoms with Gasteiger partial charge in [0.1, 0.15) is 5.82 Å². The van der Waals surface area contributed by atoms with E-state index in [9.17, 15) is 9.18 Å². The van der Waals surface area contributed by atoms with Crippen LogP contribution >= 0.6 is 11.8 Å². The topological polar surface area (TPSA) is 66.0 Å². The molecule has 18 heavy (non-hydrogen) atoms. The Morgan fingerprint density at radius 1 is 1.44 bits per heavy atom. The van der Waals surface area contributed by atoms with E-state index in [0.717, 1.165) is 22.8 Å². The number of thioether (sulfide) groups is 1. The van der Waals surface area contributed by atoms with Gasteiger partial charge >= 0.3 is 5.97 Å². The molecular weight excluding hydrogens is 255 g/mol. The van der Waals surface area contributed by atoms with Gasteiger partial charge in [0.25, 0.3) is 0 Å². The summed E-state index contributed by atoms with van der Waals surface area (Å²) in [6.45, 7) is 0. The van der Waals surface area contributed by atoms with Gasteiger partial charge in [0.05, 0.1) is 11.0 Å². The average Bonchev–Trinajstić information content (AvgIpc) is 2.70. The van der Waals surface area contributed by atoms with Crippen LogP contribution in [0.4, 0.5) is 4.39 Å². The number of hydrogen-bond donors (Lipinski definition) is 2. The van der Waals surface area contributed by atoms with E-state index in [0.29, 0.717) is 11.9 Å². The zero-order valence-corrected chi connectivity index (χ0v) is 10.5. The number of unbranched alkanes of at least 4 members (excludes halogenated alkanes) is 1. The number of halogens is 1. The van der Waals surface area contributed by atoms with Crippen LogP contribution in [-0.2, 0) is 4.79 Å². The second-order valence-corrected chi connectivity index (χ2v) is 4.99. The van der Waals surface area contributed by atoms with Gasteiger partial charge < -0.3 is 10.1 Å². The Morgan fingerprint density at radius 2 is 2.28 bits per heavy atom. The summed E-state index contributed by atoms with van der Waals surface area (Å²) >= 11 is 1.52. The maximum absolute atomic E-state index is 13.0. The Bertz CT molecular complexity index is 556. The molecule has 0 fully saturated rings. The number of hydrogen-bond acceptors (Lipinski definition) is 3. The average molecular weight is 268 g/mol. The van der Waals surface area contributed by atoms with Gasteiger partial charge in [-0.3, -0.25) is 4.79 Å². The summed E-state index contributed by atoms with van der Waals surface area (Å²) in [6, 6.07) is 4.43. The van der Waals surface area contributed by atoms with Gasteiger partial charge in [0.15, 0.2) is 5.16 Å². The van der Waals surface area contributed by atoms with Gasteiger partial charge in [-0.25, -0.2) is 9.37 Å². The Labute approximate surface area is 108 Å². The summed E-state index contributed by atoms with van der Waals surface area (Å²) in [5.74, 6) is -0.251. The second-order valence-electron chi connectivity index (χ2n) is 3.90. The number of rotatable bonds is 6. The minimum atomic E-state index is -0.765. The van der Waals surface area contributed by atoms with Crippen molar-refractivity contribution in [3.63, 3.8) is 0 Å². The molecule has 0 radical (unpaired) electrons. The van der Waals surface area contributed by atoms with Gasteiger partial charge in [0, 0.05) is 12.2 Å². The number of aliphatic carboxylic acids is 1. The lowest BCUT2D eigenvalue weighted by molar-refractivity contribution is -0.137. The first-order valence-corrected chi connectivity index (χ1v) is 6.63. The summed E-state index contributed by atoms with van der Waals surface area (Å²) in [4.78, 5) is 17.7. The summed E-state index contributed by atoms with van der Waals surface area (Å²) in [5.41, 5.74) is 1.42. The van der Waals surface area contributed by atoms with E-state index in [1.54, 1.807) is 6.07 Å². The van der Waals surface area contributed by atoms with Crippen molar-refractivity contribution in [3.8, 4) is 0 Å². The van der Waals surface area contributed by atoms with Crippen molar-refractivity contribution in [2.45, 2.75) is 24.4 Å². The molecule has 0 aliphatic heterocycles. The van der Waals surface area contributed by atoms with Gasteiger partial charge in [0.2, 0.25) is 0 Å². The van der Waals surface area contributed by atoms with Crippen molar-refractivity contribution in [2.75, 3.05) is 5.75 Å². The van der Waals surface area contributed by atoms with Crippen LogP contribution < -0.4 is 0 Å². The third kappa shape index (κ3) is 3.46. The molecule has 0 saturated carbocycles. The molecule has 0 aliphatic rings. The molecule has 2 N–H and O–H groups in total. The molecule has 1 heterocycles. The third-order valence-electron chi connectivity index (χ3n) is 2.45. The maximum atomic E-state index is 13.0. The zero-order valence-electron chi connectivity index (χ0n) is 9.65. The molecule has 0 bridgehead atoms. The number of aromatic nitrogens is 2. The van der Waals surface area contributed by atoms with E-state index < -0.39 is 5.97 Å². The van der Waals surface area contributed by atoms with E-state index >= 15 is 0 Å². The van der Waals surface area contributed by atoms with Crippen LogP contribution in [0, 0.1) is 5.82 Å². The van der Waals surface area contributed by atoms with E-state index in [1.165, 1.54) is 23.9 Å². The largest absolute Gasteiger partial charge is 0.481 e. The fourth-order valence-electron chi connectivity index (χ4n) is 1.57. The standard InChI is InChI=1S/C12H13FN2O2S/c13-8-4-5-9-10(7-8)15-12(14-9)18-6-2-1-3-11(16)17/h4-5,7H,1-3,6H2,(H,14,15)(H,16,17). The van der Waals surface area contributed by atoms with Gasteiger partial charge in [-0.2, -0.15) is 0 Å². The molecule has 1 aromatic heterocycles. The maximum Gasteiger partial charge on any atom is 0.303 e. The van der Waals surface area contributed by atoms with E-state index in [4.69, 9.17) is 5.11 Å². The van der Waals surface area contributed by atoms with Crippen LogP contribution in [0.1, 0.15) is 19.3 Å². The predicted molar refractivity (Wildman–Crippen MR) is 68.3 cm³/mol. The van der Waals surface area contributed by atoms with Crippen molar-refractivity contribution in [1.29, 1.82) is 0 Å². The Morgan fingerprint density at radius 3 is 3.06 bits per heavy atom. The molecule has 0 unspecified atom stereocenters. The molecule has 4 nitrogen and oxygen atoms in total. The van der Waals surface area contributed by atoms with Crippen molar-refractivity contribution in [2.24, 2.45) is 0 Å². The fourth-order valence-corrected chi connectivity index (χ4v) is 2.46. The quantitative estimate of drug-likeness (QED) is 0.624. The first-order valence-electron chi connectivity index (χ1n) is 5.65. The minimum absolute atomic E-state index is 0.200. The van der Waals surface area contributed by atoms with E-state index in [-0.39, 0.29) is 12.2 Å². The molecule has 1 aromatic carbocycles. The lowest BCUT2D eigenvalue weighted by atomic mass is 10.3. The van der Waals surface area contributed by atoms with Crippen LogP contribution in [-0.4, -0.2) is 26.8 Å². The molecule has 2 aromatic rings. The molecule has 0 spiro atoms. The van der Waals surface area contributed by atoms with Crippen molar-refractivity contribution in [3.05, 3.63) is 24.0 Å². The first-order chi connectivity index (χ1) is 8.65. The fraction of sp³-hybridized carbons (Fsp3) is 0.333. The number of H-pyrrole nitrogens is 1. The number of imidazole rings is 1. The molecule has 0 aliphatic carbocycles. The zero-order chi connectivity index (χ0) is 13.0. The summed E-state index contributed by atoms with van der Waals surface area (Å²) in [6.07, 6.45) is 1.69. The van der Waals surface area contributed by atoms with Crippen molar-refractivity contribution < 1.29 is 14.3 Å². The highest BCUT2D eigenvalue weighted by atomic mass is 32.2. The molecule has 0 amide bonds. The smallest absolute Gasteiger partial charge is 0.303 e. The number of fused-ring (bicyclic) bond motifs is 1. The second kappa shape index (κ2) is 5.86. The number of carbonyl (C=O) groups is 1. The predicted octanol–water partition coefficient (Wildman–Crippen LogP) is 3.05. The lowest BCUT2D eigenvalue weighted by Gasteiger charge is -1.96. The number of nitrogens with one attached hydrogen (secondary N) is 1. The van der Waals surface area contributed by atoms with E-state index in [1.807, 2.05) is 0 Å². The van der Waals surface area contributed by atoms with Crippen LogP contribution in [0.25, 0.3) is 11.0 Å². The molecule has 6 heteroatoms. The molecule has 96 valence electrons. The minimum Gasteiger partial charge on any atom is -0.481 e. The SMILES string of the molecule is O=C(O)CCCCSc1nc2ccc(F)cc2[nH]1. The molecule has 2 rings (SSSR count). The summed E-state index contributed by atoms with van der Waals surface area (Å²) < 4.78 is 13.0. The van der Waals surface area contributed by atoms with Gasteiger partial charge in [-0.15, -0.1) is 0 Å². The number of benzene rings is 1. The van der Waals surface area contributed by atoms with Crippen LogP contribution in [0.2, 0.25) is 0 Å². The van der Waals surface area contributed by atoms with E-state index in [2.05, 4.69) is 9.97 Å². The summed E-state index contributed by atoms with van der Waals surface area (Å²) in [5, 5.41) is 9.23. The number of aromatic amines is 1. The van der Waals surface area contributed by atoms with Gasteiger partial charge in [-0.1, -0.05) is 11.8 Å². The van der Waals surface area contributed by atoms with Crippen LogP contribution in [0.3, 0.4) is 0 Å².